The van der Waals surface area contributed by atoms with Gasteiger partial charge in [-0.15, -0.1) is 0 Å². The Hall–Kier alpha value is -1.57. The minimum atomic E-state index is -4.67. The summed E-state index contributed by atoms with van der Waals surface area (Å²) in [5.41, 5.74) is 2.12. The second-order valence-electron chi connectivity index (χ2n) is 2.82. The molecule has 1 heterocycles. The van der Waals surface area contributed by atoms with Crippen molar-refractivity contribution in [3.05, 3.63) is 30.6 Å². The number of imidazole rings is 1. The molecule has 0 saturated heterocycles. The molecule has 2 rings (SSSR count). The van der Waals surface area contributed by atoms with E-state index in [0.29, 0.717) is 0 Å². The maximum Gasteiger partial charge on any atom is 0.394 e. The predicted octanol–water partition coefficient (Wildman–Crippen LogP) is 0.257. The number of hydrogen-bond donors (Lipinski definition) is 5. The van der Waals surface area contributed by atoms with E-state index in [1.165, 1.54) is 0 Å². The van der Waals surface area contributed by atoms with E-state index in [2.05, 4.69) is 9.97 Å². The van der Waals surface area contributed by atoms with Gasteiger partial charge in [0.15, 0.2) is 0 Å². The molecule has 0 aliphatic carbocycles. The zero-order chi connectivity index (χ0) is 15.1. The van der Waals surface area contributed by atoms with Crippen molar-refractivity contribution in [2.24, 2.45) is 0 Å². The topological polar surface area (TPSA) is 178 Å². The van der Waals surface area contributed by atoms with Gasteiger partial charge in [-0.3, -0.25) is 18.2 Å². The molecule has 0 atom stereocenters. The Morgan fingerprint density at radius 2 is 1.32 bits per heavy atom. The fourth-order valence-corrected chi connectivity index (χ4v) is 0.880. The van der Waals surface area contributed by atoms with Crippen molar-refractivity contribution in [3.8, 4) is 0 Å². The fourth-order valence-electron chi connectivity index (χ4n) is 0.880. The Morgan fingerprint density at radius 3 is 1.74 bits per heavy atom. The Labute approximate surface area is 108 Å². The van der Waals surface area contributed by atoms with E-state index in [1.54, 1.807) is 6.33 Å². The summed E-state index contributed by atoms with van der Waals surface area (Å²) < 4.78 is 63.2. The molecule has 0 bridgehead atoms. The predicted molar refractivity (Wildman–Crippen MR) is 64.4 cm³/mol. The highest BCUT2D eigenvalue weighted by Gasteiger charge is 1.88. The molecular formula is C7H10N2O8S2. The van der Waals surface area contributed by atoms with Gasteiger partial charge in [0.1, 0.15) is 0 Å². The number of hydrogen-bond acceptors (Lipinski definition) is 5. The average Bonchev–Trinajstić information content (AvgIpc) is 2.59. The van der Waals surface area contributed by atoms with Crippen LogP contribution < -0.4 is 0 Å². The molecule has 1 aromatic carbocycles. The van der Waals surface area contributed by atoms with Crippen molar-refractivity contribution >= 4 is 31.8 Å². The molecule has 19 heavy (non-hydrogen) atoms. The van der Waals surface area contributed by atoms with E-state index in [0.717, 1.165) is 11.0 Å². The van der Waals surface area contributed by atoms with Gasteiger partial charge in [0.25, 0.3) is 0 Å². The standard InChI is InChI=1S/C7H6N2.2H2O4S/c1-2-4-7-6(3-1)8-5-9-7;2*1-5(2,3)4/h1-5H,(H,8,9);2*(H2,1,2,3,4). The van der Waals surface area contributed by atoms with Gasteiger partial charge in [-0.25, -0.2) is 4.98 Å². The number of benzene rings is 1. The summed E-state index contributed by atoms with van der Waals surface area (Å²) in [6, 6.07) is 7.94. The van der Waals surface area contributed by atoms with Crippen molar-refractivity contribution in [1.82, 2.24) is 9.97 Å². The number of rotatable bonds is 0. The van der Waals surface area contributed by atoms with Crippen LogP contribution in [-0.2, 0) is 20.8 Å². The summed E-state index contributed by atoms with van der Waals surface area (Å²) in [4.78, 5) is 7.07. The normalized spacial score (nSPS) is 10.9. The summed E-state index contributed by atoms with van der Waals surface area (Å²) >= 11 is 0. The summed E-state index contributed by atoms with van der Waals surface area (Å²) in [6.45, 7) is 0. The van der Waals surface area contributed by atoms with Crippen LogP contribution in [0.25, 0.3) is 11.0 Å². The quantitative estimate of drug-likeness (QED) is 0.426. The first kappa shape index (κ1) is 17.4. The number of fused-ring (bicyclic) bond motifs is 1. The lowest BCUT2D eigenvalue weighted by Gasteiger charge is -1.81. The number of H-pyrrole nitrogens is 1. The van der Waals surface area contributed by atoms with Crippen LogP contribution in [0.3, 0.4) is 0 Å². The molecule has 0 unspecified atom stereocenters. The van der Waals surface area contributed by atoms with E-state index in [-0.39, 0.29) is 0 Å². The van der Waals surface area contributed by atoms with E-state index in [1.807, 2.05) is 24.3 Å². The molecule has 0 amide bonds. The summed E-state index contributed by atoms with van der Waals surface area (Å²) in [6.07, 6.45) is 1.70. The molecule has 0 radical (unpaired) electrons. The van der Waals surface area contributed by atoms with Crippen LogP contribution in [0.15, 0.2) is 30.6 Å². The van der Waals surface area contributed by atoms with Crippen LogP contribution in [-0.4, -0.2) is 45.0 Å². The highest BCUT2D eigenvalue weighted by atomic mass is 32.3. The summed E-state index contributed by atoms with van der Waals surface area (Å²) in [5.74, 6) is 0. The molecule has 0 fully saturated rings. The van der Waals surface area contributed by atoms with Gasteiger partial charge < -0.3 is 4.98 Å². The molecule has 0 saturated carbocycles. The molecular weight excluding hydrogens is 304 g/mol. The maximum absolute atomic E-state index is 8.74. The smallest absolute Gasteiger partial charge is 0.345 e. The number of nitrogens with one attached hydrogen (secondary N) is 1. The SMILES string of the molecule is O=S(=O)(O)O.O=S(=O)(O)O.c1ccc2[nH]cnc2c1. The zero-order valence-electron chi connectivity index (χ0n) is 9.07. The molecule has 2 aromatic rings. The van der Waals surface area contributed by atoms with Gasteiger partial charge in [-0.2, -0.15) is 16.8 Å². The van der Waals surface area contributed by atoms with Gasteiger partial charge in [0, 0.05) is 0 Å². The second kappa shape index (κ2) is 7.13. The zero-order valence-corrected chi connectivity index (χ0v) is 10.7. The molecule has 1 aromatic heterocycles. The Balaban J connectivity index is 0.000000283. The van der Waals surface area contributed by atoms with Crippen LogP contribution in [0, 0.1) is 0 Å². The second-order valence-corrected chi connectivity index (χ2v) is 4.61. The van der Waals surface area contributed by atoms with Crippen molar-refractivity contribution in [2.75, 3.05) is 0 Å². The van der Waals surface area contributed by atoms with Crippen LogP contribution in [0.1, 0.15) is 0 Å². The van der Waals surface area contributed by atoms with E-state index >= 15 is 0 Å². The summed E-state index contributed by atoms with van der Waals surface area (Å²) in [7, 11) is -9.33. The molecule has 10 nitrogen and oxygen atoms in total. The van der Waals surface area contributed by atoms with Gasteiger partial charge >= 0.3 is 20.8 Å². The fraction of sp³-hybridized carbons (Fsp3) is 0. The van der Waals surface area contributed by atoms with Crippen molar-refractivity contribution in [1.29, 1.82) is 0 Å². The van der Waals surface area contributed by atoms with E-state index in [9.17, 15) is 0 Å². The lowest BCUT2D eigenvalue weighted by molar-refractivity contribution is 0.378. The van der Waals surface area contributed by atoms with E-state index in [4.69, 9.17) is 35.0 Å². The first-order chi connectivity index (χ1) is 8.47. The van der Waals surface area contributed by atoms with Crippen LogP contribution in [0.4, 0.5) is 0 Å². The third-order valence-electron chi connectivity index (χ3n) is 1.33. The highest BCUT2D eigenvalue weighted by Crippen LogP contribution is 2.05. The molecule has 0 aliphatic heterocycles. The maximum atomic E-state index is 8.74. The molecule has 108 valence electrons. The number of aromatic amines is 1. The minimum absolute atomic E-state index is 1.03. The molecule has 5 N–H and O–H groups in total. The minimum Gasteiger partial charge on any atom is -0.345 e. The number of aromatic nitrogens is 2. The number of nitrogens with zero attached hydrogens (tertiary/aromatic N) is 1. The van der Waals surface area contributed by atoms with Crippen molar-refractivity contribution < 1.29 is 35.0 Å². The lowest BCUT2D eigenvalue weighted by Crippen LogP contribution is -1.89. The Kier molecular flexibility index (Phi) is 6.54. The third-order valence-corrected chi connectivity index (χ3v) is 1.33. The Bertz CT molecular complexity index is 629. The summed E-state index contributed by atoms with van der Waals surface area (Å²) in [5, 5.41) is 0. The number of para-hydroxylation sites is 2. The first-order valence-corrected chi connectivity index (χ1v) is 7.04. The monoisotopic (exact) mass is 314 g/mol. The largest absolute Gasteiger partial charge is 0.394 e. The van der Waals surface area contributed by atoms with Crippen molar-refractivity contribution in [3.63, 3.8) is 0 Å². The van der Waals surface area contributed by atoms with Gasteiger partial charge in [0.05, 0.1) is 17.4 Å². The van der Waals surface area contributed by atoms with Crippen LogP contribution in [0.2, 0.25) is 0 Å². The van der Waals surface area contributed by atoms with Gasteiger partial charge in [-0.1, -0.05) is 12.1 Å². The van der Waals surface area contributed by atoms with Gasteiger partial charge in [0.2, 0.25) is 0 Å². The first-order valence-electron chi connectivity index (χ1n) is 4.24. The Morgan fingerprint density at radius 1 is 0.895 bits per heavy atom. The van der Waals surface area contributed by atoms with E-state index < -0.39 is 20.8 Å². The van der Waals surface area contributed by atoms with Gasteiger partial charge in [-0.05, 0) is 12.1 Å². The van der Waals surface area contributed by atoms with Crippen LogP contribution >= 0.6 is 0 Å². The highest BCUT2D eigenvalue weighted by molar-refractivity contribution is 7.80. The average molecular weight is 314 g/mol. The third kappa shape index (κ3) is 14.4. The van der Waals surface area contributed by atoms with Crippen molar-refractivity contribution in [2.45, 2.75) is 0 Å². The molecule has 0 aliphatic rings. The van der Waals surface area contributed by atoms with Crippen LogP contribution in [0.5, 0.6) is 0 Å². The molecule has 12 heteroatoms. The molecule has 0 spiro atoms. The lowest BCUT2D eigenvalue weighted by atomic mass is 10.3.